The van der Waals surface area contributed by atoms with Gasteiger partial charge in [-0.3, -0.25) is 4.79 Å². The third-order valence-corrected chi connectivity index (χ3v) is 4.45. The van der Waals surface area contributed by atoms with E-state index in [2.05, 4.69) is 27.6 Å². The van der Waals surface area contributed by atoms with E-state index in [1.807, 2.05) is 18.2 Å². The number of benzene rings is 1. The summed E-state index contributed by atoms with van der Waals surface area (Å²) in [5, 5.41) is 1.27. The average Bonchev–Trinajstić information content (AvgIpc) is 2.55. The zero-order chi connectivity index (χ0) is 11.9. The number of nitrogens with two attached hydrogens (primary N) is 1. The number of carbonyl (C=O) groups excluding carboxylic acids is 1. The van der Waals surface area contributed by atoms with Crippen LogP contribution < -0.4 is 11.0 Å². The summed E-state index contributed by atoms with van der Waals surface area (Å²) in [4.78, 5) is 23.7. The number of amides is 1. The molecule has 1 atom stereocenters. The zero-order valence-corrected chi connectivity index (χ0v) is 11.9. The number of halogens is 1. The largest absolute Gasteiger partial charge is 0.364 e. The predicted octanol–water partition coefficient (Wildman–Crippen LogP) is 1.08. The van der Waals surface area contributed by atoms with Crippen LogP contribution in [0.1, 0.15) is 10.5 Å². The Kier molecular flexibility index (Phi) is 3.34. The van der Waals surface area contributed by atoms with Crippen LogP contribution in [0, 0.1) is 3.57 Å². The molecule has 7 heteroatoms. The number of H-pyrrole nitrogens is 1. The summed E-state index contributed by atoms with van der Waals surface area (Å²) in [6.45, 7) is -2.14. The van der Waals surface area contributed by atoms with Gasteiger partial charge in [-0.2, -0.15) is 0 Å². The van der Waals surface area contributed by atoms with Gasteiger partial charge in [0.1, 0.15) is 5.69 Å². The molecule has 0 aliphatic carbocycles. The van der Waals surface area contributed by atoms with Crippen molar-refractivity contribution in [3.8, 4) is 0 Å². The zero-order valence-electron chi connectivity index (χ0n) is 7.95. The molecule has 1 heterocycles. The fourth-order valence-electron chi connectivity index (χ4n) is 1.57. The number of nitrogens with one attached hydrogen (secondary N) is 1. The van der Waals surface area contributed by atoms with Crippen LogP contribution in [0.3, 0.4) is 0 Å². The topological polar surface area (TPSA) is 79.1 Å². The summed E-state index contributed by atoms with van der Waals surface area (Å²) < 4.78 is 1.01. The maximum absolute atomic E-state index is 11.2. The number of carbonyl (C=O) groups is 1. The Morgan fingerprint density at radius 1 is 1.56 bits per heavy atom. The first-order valence-electron chi connectivity index (χ1n) is 4.35. The predicted molar refractivity (Wildman–Crippen MR) is 77.1 cm³/mol. The number of hydrogen-bond acceptors (Lipinski definition) is 2. The van der Waals surface area contributed by atoms with Crippen LogP contribution in [-0.4, -0.2) is 15.8 Å². The van der Waals surface area contributed by atoms with Gasteiger partial charge in [0.05, 0.1) is 6.92 Å². The average molecular weight is 366 g/mol. The van der Waals surface area contributed by atoms with Gasteiger partial charge in [0.25, 0.3) is 5.91 Å². The van der Waals surface area contributed by atoms with Crippen LogP contribution in [0.4, 0.5) is 0 Å². The lowest BCUT2D eigenvalue weighted by atomic mass is 10.2. The van der Waals surface area contributed by atoms with Crippen molar-refractivity contribution in [1.29, 1.82) is 0 Å². The molecule has 0 bridgehead atoms. The number of hydrogen-bond donors (Lipinski definition) is 3. The molecule has 0 aliphatic rings. The van der Waals surface area contributed by atoms with E-state index in [0.29, 0.717) is 5.30 Å². The second kappa shape index (κ2) is 4.44. The highest BCUT2D eigenvalue weighted by atomic mass is 127. The lowest BCUT2D eigenvalue weighted by Crippen LogP contribution is -2.18. The lowest BCUT2D eigenvalue weighted by molar-refractivity contribution is 0.0997. The van der Waals surface area contributed by atoms with Gasteiger partial charge in [0.2, 0.25) is 0 Å². The molecular formula is C9H8IN2O2PS. The molecule has 1 aromatic carbocycles. The normalized spacial score (nSPS) is 12.9. The van der Waals surface area contributed by atoms with E-state index in [1.54, 1.807) is 0 Å². The molecule has 0 radical (unpaired) electrons. The molecule has 0 fully saturated rings. The van der Waals surface area contributed by atoms with Gasteiger partial charge in [-0.05, 0) is 40.8 Å². The van der Waals surface area contributed by atoms with Gasteiger partial charge >= 0.3 is 0 Å². The van der Waals surface area contributed by atoms with Crippen LogP contribution in [0.25, 0.3) is 10.9 Å². The minimum absolute atomic E-state index is 0.225. The summed E-state index contributed by atoms with van der Waals surface area (Å²) in [6, 6.07) is 5.62. The van der Waals surface area contributed by atoms with Crippen molar-refractivity contribution in [2.75, 3.05) is 0 Å². The Hall–Kier alpha value is -0.430. The van der Waals surface area contributed by atoms with Crippen LogP contribution in [-0.2, 0) is 11.8 Å². The van der Waals surface area contributed by atoms with E-state index < -0.39 is 12.8 Å². The van der Waals surface area contributed by atoms with Crippen molar-refractivity contribution in [3.05, 3.63) is 27.5 Å². The monoisotopic (exact) mass is 366 g/mol. The van der Waals surface area contributed by atoms with Crippen LogP contribution >= 0.6 is 29.5 Å². The van der Waals surface area contributed by atoms with Crippen molar-refractivity contribution < 1.29 is 9.69 Å². The number of fused-ring (bicyclic) bond motifs is 1. The molecule has 0 saturated carbocycles. The fraction of sp³-hybridized carbons (Fsp3) is 0. The van der Waals surface area contributed by atoms with Gasteiger partial charge in [-0.15, -0.1) is 0 Å². The summed E-state index contributed by atoms with van der Waals surface area (Å²) in [5.74, 6) is -0.595. The van der Waals surface area contributed by atoms with Gasteiger partial charge in [-0.1, -0.05) is 11.8 Å². The van der Waals surface area contributed by atoms with Gasteiger partial charge in [0, 0.05) is 19.8 Å². The quantitative estimate of drug-likeness (QED) is 0.550. The van der Waals surface area contributed by atoms with E-state index in [0.717, 1.165) is 14.5 Å². The number of aromatic amines is 1. The fourth-order valence-corrected chi connectivity index (χ4v) is 3.54. The Morgan fingerprint density at radius 3 is 2.81 bits per heavy atom. The van der Waals surface area contributed by atoms with Crippen molar-refractivity contribution >= 4 is 63.4 Å². The summed E-state index contributed by atoms with van der Waals surface area (Å²) in [5.41, 5.74) is 6.24. The summed E-state index contributed by atoms with van der Waals surface area (Å²) >= 11 is 7.06. The molecule has 0 aliphatic heterocycles. The first-order chi connectivity index (χ1) is 7.50. The molecule has 1 unspecified atom stereocenters. The Bertz CT molecular complexity index is 611. The van der Waals surface area contributed by atoms with E-state index in [1.165, 1.54) is 0 Å². The lowest BCUT2D eigenvalue weighted by Gasteiger charge is -1.98. The van der Waals surface area contributed by atoms with Crippen molar-refractivity contribution in [1.82, 2.24) is 4.98 Å². The Balaban J connectivity index is 2.88. The van der Waals surface area contributed by atoms with Crippen LogP contribution in [0.15, 0.2) is 18.2 Å². The Morgan fingerprint density at radius 2 is 2.25 bits per heavy atom. The molecule has 4 N–H and O–H groups in total. The van der Waals surface area contributed by atoms with E-state index in [4.69, 9.17) is 17.5 Å². The number of primary amides is 1. The highest BCUT2D eigenvalue weighted by Crippen LogP contribution is 2.25. The summed E-state index contributed by atoms with van der Waals surface area (Å²) in [6.07, 6.45) is 0. The third-order valence-electron chi connectivity index (χ3n) is 2.22. The Labute approximate surface area is 111 Å². The van der Waals surface area contributed by atoms with E-state index >= 15 is 0 Å². The minimum Gasteiger partial charge on any atom is -0.364 e. The number of rotatable bonds is 2. The van der Waals surface area contributed by atoms with Gasteiger partial charge < -0.3 is 15.6 Å². The first kappa shape index (κ1) is 12.0. The second-order valence-corrected chi connectivity index (χ2v) is 6.75. The third kappa shape index (κ3) is 2.02. The molecule has 2 rings (SSSR count). The molecule has 0 saturated heterocycles. The molecule has 0 spiro atoms. The molecule has 4 nitrogen and oxygen atoms in total. The van der Waals surface area contributed by atoms with Crippen molar-refractivity contribution in [2.24, 2.45) is 5.73 Å². The van der Waals surface area contributed by atoms with Crippen molar-refractivity contribution in [3.63, 3.8) is 0 Å². The van der Waals surface area contributed by atoms with Gasteiger partial charge in [-0.25, -0.2) is 0 Å². The molecule has 2 aromatic rings. The van der Waals surface area contributed by atoms with Crippen LogP contribution in [0.5, 0.6) is 0 Å². The maximum Gasteiger partial charge on any atom is 0.265 e. The highest BCUT2D eigenvalue weighted by Gasteiger charge is 2.17. The number of aromatic nitrogens is 1. The minimum atomic E-state index is -2.14. The standard InChI is InChI=1S/C9H8IN2O2PS/c10-4-1-2-6-5(3-4)8(15(14)16)7(12-6)9(11)13/h1-3,12,15H,(H2,11,13)(H,14,16). The molecule has 1 amide bonds. The molecule has 16 heavy (non-hydrogen) atoms. The maximum atomic E-state index is 11.2. The van der Waals surface area contributed by atoms with Crippen molar-refractivity contribution in [2.45, 2.75) is 0 Å². The summed E-state index contributed by atoms with van der Waals surface area (Å²) in [7, 11) is 0. The smallest absolute Gasteiger partial charge is 0.265 e. The van der Waals surface area contributed by atoms with E-state index in [9.17, 15) is 9.69 Å². The molecule has 84 valence electrons. The SMILES string of the molecule is NC(=O)c1[nH]c2ccc(I)cc2c1[PH](O)=S. The van der Waals surface area contributed by atoms with E-state index in [-0.39, 0.29) is 5.69 Å². The molecular weight excluding hydrogens is 358 g/mol. The van der Waals surface area contributed by atoms with Gasteiger partial charge in [0.15, 0.2) is 0 Å². The van der Waals surface area contributed by atoms with Crippen LogP contribution in [0.2, 0.25) is 0 Å². The first-order valence-corrected chi connectivity index (χ1v) is 8.01. The molecule has 1 aromatic heterocycles. The highest BCUT2D eigenvalue weighted by molar-refractivity contribution is 14.1. The second-order valence-electron chi connectivity index (χ2n) is 3.23.